The minimum absolute atomic E-state index is 0.193. The third-order valence-corrected chi connectivity index (χ3v) is 2.30. The van der Waals surface area contributed by atoms with E-state index >= 15 is 0 Å². The molecule has 0 bridgehead atoms. The molecule has 0 amide bonds. The van der Waals surface area contributed by atoms with E-state index in [0.717, 1.165) is 17.4 Å². The van der Waals surface area contributed by atoms with Gasteiger partial charge in [-0.15, -0.1) is 0 Å². The summed E-state index contributed by atoms with van der Waals surface area (Å²) in [6, 6.07) is 7.47. The first-order chi connectivity index (χ1) is 7.13. The molecular formula is C11H13NO3. The van der Waals surface area contributed by atoms with Gasteiger partial charge in [-0.1, -0.05) is 29.8 Å². The predicted molar refractivity (Wildman–Crippen MR) is 56.5 cm³/mol. The summed E-state index contributed by atoms with van der Waals surface area (Å²) in [4.78, 5) is 20.4. The van der Waals surface area contributed by atoms with Gasteiger partial charge >= 0.3 is 0 Å². The number of hydrogen-bond acceptors (Lipinski definition) is 3. The average molecular weight is 207 g/mol. The van der Waals surface area contributed by atoms with Gasteiger partial charge in [0.25, 0.3) is 0 Å². The van der Waals surface area contributed by atoms with E-state index < -0.39 is 0 Å². The van der Waals surface area contributed by atoms with Crippen LogP contribution in [-0.4, -0.2) is 17.8 Å². The molecule has 0 aliphatic heterocycles. The molecule has 0 aliphatic carbocycles. The topological polar surface area (TPSA) is 60.2 Å². The van der Waals surface area contributed by atoms with Crippen LogP contribution in [0.2, 0.25) is 0 Å². The smallest absolute Gasteiger partial charge is 0.211 e. The lowest BCUT2D eigenvalue weighted by molar-refractivity contribution is -0.483. The lowest BCUT2D eigenvalue weighted by atomic mass is 9.96. The number of nitro groups is 1. The SMILES string of the molecule is Cc1ccc([C@H](CC=O)C[N+](=O)[O-])cc1. The largest absolute Gasteiger partial charge is 0.303 e. The summed E-state index contributed by atoms with van der Waals surface area (Å²) in [6.07, 6.45) is 0.929. The molecule has 1 aromatic carbocycles. The molecule has 1 atom stereocenters. The van der Waals surface area contributed by atoms with Gasteiger partial charge in [-0.2, -0.15) is 0 Å². The van der Waals surface area contributed by atoms with E-state index in [0.29, 0.717) is 0 Å². The summed E-state index contributed by atoms with van der Waals surface area (Å²) in [5.74, 6) is -0.307. The lowest BCUT2D eigenvalue weighted by Crippen LogP contribution is -2.13. The first-order valence-corrected chi connectivity index (χ1v) is 4.75. The summed E-state index contributed by atoms with van der Waals surface area (Å²) in [6.45, 7) is 1.76. The highest BCUT2D eigenvalue weighted by Gasteiger charge is 2.16. The Morgan fingerprint density at radius 1 is 1.40 bits per heavy atom. The van der Waals surface area contributed by atoms with Gasteiger partial charge in [-0.25, -0.2) is 0 Å². The van der Waals surface area contributed by atoms with E-state index in [9.17, 15) is 14.9 Å². The Morgan fingerprint density at radius 2 is 2.00 bits per heavy atom. The lowest BCUT2D eigenvalue weighted by Gasteiger charge is -2.09. The molecule has 0 aromatic heterocycles. The molecule has 0 spiro atoms. The number of carbonyl (C=O) groups is 1. The molecule has 80 valence electrons. The van der Waals surface area contributed by atoms with Gasteiger partial charge in [0, 0.05) is 11.3 Å². The first kappa shape index (κ1) is 11.4. The molecule has 1 aromatic rings. The van der Waals surface area contributed by atoms with Crippen molar-refractivity contribution in [2.24, 2.45) is 0 Å². The van der Waals surface area contributed by atoms with Gasteiger partial charge in [0.1, 0.15) is 6.29 Å². The third-order valence-electron chi connectivity index (χ3n) is 2.30. The van der Waals surface area contributed by atoms with Crippen LogP contribution in [0.4, 0.5) is 0 Å². The van der Waals surface area contributed by atoms with E-state index in [1.165, 1.54) is 0 Å². The molecule has 0 radical (unpaired) electrons. The second-order valence-corrected chi connectivity index (χ2v) is 3.53. The molecular weight excluding hydrogens is 194 g/mol. The molecule has 0 saturated heterocycles. The normalized spacial score (nSPS) is 12.1. The van der Waals surface area contributed by atoms with Crippen LogP contribution in [0, 0.1) is 17.0 Å². The van der Waals surface area contributed by atoms with Gasteiger partial charge in [0.15, 0.2) is 0 Å². The highest BCUT2D eigenvalue weighted by molar-refractivity contribution is 5.51. The van der Waals surface area contributed by atoms with E-state index in [1.54, 1.807) is 0 Å². The van der Waals surface area contributed by atoms with Crippen LogP contribution in [0.25, 0.3) is 0 Å². The van der Waals surface area contributed by atoms with Crippen molar-refractivity contribution in [2.75, 3.05) is 6.54 Å². The molecule has 0 aliphatic rings. The monoisotopic (exact) mass is 207 g/mol. The maximum Gasteiger partial charge on any atom is 0.211 e. The maximum atomic E-state index is 10.4. The van der Waals surface area contributed by atoms with Crippen LogP contribution in [0.1, 0.15) is 23.5 Å². The fourth-order valence-corrected chi connectivity index (χ4v) is 1.45. The van der Waals surface area contributed by atoms with Crippen molar-refractivity contribution in [1.82, 2.24) is 0 Å². The van der Waals surface area contributed by atoms with Crippen LogP contribution in [0.15, 0.2) is 24.3 Å². The van der Waals surface area contributed by atoms with Crippen molar-refractivity contribution in [2.45, 2.75) is 19.3 Å². The van der Waals surface area contributed by atoms with Gasteiger partial charge in [-0.05, 0) is 12.5 Å². The number of nitrogens with zero attached hydrogens (tertiary/aromatic N) is 1. The minimum Gasteiger partial charge on any atom is -0.303 e. The molecule has 4 heteroatoms. The predicted octanol–water partition coefficient (Wildman–Crippen LogP) is 1.94. The van der Waals surface area contributed by atoms with Gasteiger partial charge in [0.05, 0.1) is 5.92 Å². The number of rotatable bonds is 5. The maximum absolute atomic E-state index is 10.4. The summed E-state index contributed by atoms with van der Waals surface area (Å²) in [7, 11) is 0. The second kappa shape index (κ2) is 5.24. The molecule has 4 nitrogen and oxygen atoms in total. The van der Waals surface area contributed by atoms with Crippen molar-refractivity contribution in [3.63, 3.8) is 0 Å². The van der Waals surface area contributed by atoms with E-state index in [1.807, 2.05) is 31.2 Å². The molecule has 0 fully saturated rings. The average Bonchev–Trinajstić information content (AvgIpc) is 2.17. The van der Waals surface area contributed by atoms with Crippen LogP contribution >= 0.6 is 0 Å². The second-order valence-electron chi connectivity index (χ2n) is 3.53. The number of hydrogen-bond donors (Lipinski definition) is 0. The number of aldehydes is 1. The van der Waals surface area contributed by atoms with E-state index in [4.69, 9.17) is 0 Å². The van der Waals surface area contributed by atoms with Gasteiger partial charge in [0.2, 0.25) is 6.54 Å². The van der Waals surface area contributed by atoms with Crippen molar-refractivity contribution >= 4 is 6.29 Å². The van der Waals surface area contributed by atoms with E-state index in [2.05, 4.69) is 0 Å². The Morgan fingerprint density at radius 3 is 2.47 bits per heavy atom. The van der Waals surface area contributed by atoms with Crippen LogP contribution in [-0.2, 0) is 4.79 Å². The quantitative estimate of drug-likeness (QED) is 0.421. The first-order valence-electron chi connectivity index (χ1n) is 4.75. The summed E-state index contributed by atoms with van der Waals surface area (Å²) in [5.41, 5.74) is 1.95. The fourth-order valence-electron chi connectivity index (χ4n) is 1.45. The van der Waals surface area contributed by atoms with Gasteiger partial charge in [-0.3, -0.25) is 10.1 Å². The van der Waals surface area contributed by atoms with Crippen molar-refractivity contribution < 1.29 is 9.72 Å². The highest BCUT2D eigenvalue weighted by atomic mass is 16.6. The summed E-state index contributed by atoms with van der Waals surface area (Å²) in [5, 5.41) is 10.4. The zero-order valence-corrected chi connectivity index (χ0v) is 8.55. The minimum atomic E-state index is -0.381. The van der Waals surface area contributed by atoms with Crippen molar-refractivity contribution in [3.05, 3.63) is 45.5 Å². The Labute approximate surface area is 88.1 Å². The molecule has 0 unspecified atom stereocenters. The summed E-state index contributed by atoms with van der Waals surface area (Å²) < 4.78 is 0. The fraction of sp³-hybridized carbons (Fsp3) is 0.364. The zero-order chi connectivity index (χ0) is 11.3. The Kier molecular flexibility index (Phi) is 3.97. The van der Waals surface area contributed by atoms with Crippen molar-refractivity contribution in [3.8, 4) is 0 Å². The van der Waals surface area contributed by atoms with Crippen LogP contribution < -0.4 is 0 Å². The van der Waals surface area contributed by atoms with Crippen molar-refractivity contribution in [1.29, 1.82) is 0 Å². The van der Waals surface area contributed by atoms with E-state index in [-0.39, 0.29) is 23.8 Å². The van der Waals surface area contributed by atoms with Gasteiger partial charge < -0.3 is 4.79 Å². The standard InChI is InChI=1S/C11H13NO3/c1-9-2-4-10(5-3-9)11(6-7-13)8-12(14)15/h2-5,7,11H,6,8H2,1H3/t11-/m1/s1. The summed E-state index contributed by atoms with van der Waals surface area (Å²) >= 11 is 0. The molecule has 0 N–H and O–H groups in total. The number of carbonyl (C=O) groups excluding carboxylic acids is 1. The molecule has 15 heavy (non-hydrogen) atoms. The number of aryl methyl sites for hydroxylation is 1. The Hall–Kier alpha value is -1.71. The molecule has 0 heterocycles. The molecule has 1 rings (SSSR count). The third kappa shape index (κ3) is 3.50. The van der Waals surface area contributed by atoms with Crippen LogP contribution in [0.5, 0.6) is 0 Å². The zero-order valence-electron chi connectivity index (χ0n) is 8.55. The number of benzene rings is 1. The Balaban J connectivity index is 2.83. The van der Waals surface area contributed by atoms with Crippen LogP contribution in [0.3, 0.4) is 0 Å². The Bertz CT molecular complexity index is 345. The molecule has 0 saturated carbocycles. The highest BCUT2D eigenvalue weighted by Crippen LogP contribution is 2.19.